The molecule has 0 aliphatic carbocycles. The first-order valence-electron chi connectivity index (χ1n) is 3.62. The Balaban J connectivity index is 2.51. The van der Waals surface area contributed by atoms with Crippen molar-refractivity contribution in [3.05, 3.63) is 10.9 Å². The summed E-state index contributed by atoms with van der Waals surface area (Å²) < 4.78 is 4.89. The van der Waals surface area contributed by atoms with Gasteiger partial charge in [0, 0.05) is 4.88 Å². The average molecular weight is 196 g/mol. The molecule has 6 heteroatoms. The highest BCUT2D eigenvalue weighted by Gasteiger charge is 2.12. The molecule has 2 heterocycles. The Morgan fingerprint density at radius 1 is 1.46 bits per heavy atom. The number of aromatic nitrogens is 2. The van der Waals surface area contributed by atoms with Crippen LogP contribution in [0, 0.1) is 6.92 Å². The molecule has 4 N–H and O–H groups in total. The minimum atomic E-state index is 0.123. The van der Waals surface area contributed by atoms with Crippen LogP contribution in [-0.4, -0.2) is 10.1 Å². The minimum Gasteiger partial charge on any atom is -0.390 e. The maximum absolute atomic E-state index is 5.73. The van der Waals surface area contributed by atoms with E-state index in [-0.39, 0.29) is 5.95 Å². The standard InChI is InChI=1S/C7H8N4OS/c1-3-2-4(5(8)13-3)6-10-7(9)11-12-6/h2H,8H2,1H3,(H2,9,11). The van der Waals surface area contributed by atoms with Crippen molar-refractivity contribution in [3.63, 3.8) is 0 Å². The second-order valence-electron chi connectivity index (χ2n) is 2.59. The summed E-state index contributed by atoms with van der Waals surface area (Å²) in [6, 6.07) is 1.90. The summed E-state index contributed by atoms with van der Waals surface area (Å²) in [7, 11) is 0. The van der Waals surface area contributed by atoms with Crippen molar-refractivity contribution in [3.8, 4) is 11.5 Å². The van der Waals surface area contributed by atoms with Gasteiger partial charge in [-0.1, -0.05) is 0 Å². The van der Waals surface area contributed by atoms with Crippen LogP contribution in [0.25, 0.3) is 11.5 Å². The number of nitrogens with two attached hydrogens (primary N) is 2. The molecule has 0 aliphatic rings. The highest BCUT2D eigenvalue weighted by atomic mass is 32.1. The smallest absolute Gasteiger partial charge is 0.262 e. The van der Waals surface area contributed by atoms with Crippen molar-refractivity contribution in [1.29, 1.82) is 0 Å². The Labute approximate surface area is 78.4 Å². The zero-order valence-corrected chi connectivity index (χ0v) is 7.76. The minimum absolute atomic E-state index is 0.123. The van der Waals surface area contributed by atoms with E-state index in [4.69, 9.17) is 16.0 Å². The SMILES string of the molecule is Cc1cc(-c2nc(N)no2)c(N)s1. The predicted molar refractivity (Wildman–Crippen MR) is 51.2 cm³/mol. The highest BCUT2D eigenvalue weighted by Crippen LogP contribution is 2.32. The molecule has 0 spiro atoms. The average Bonchev–Trinajstić information content (AvgIpc) is 2.58. The number of thiophene rings is 1. The van der Waals surface area contributed by atoms with Gasteiger partial charge in [-0.2, -0.15) is 4.98 Å². The summed E-state index contributed by atoms with van der Waals surface area (Å²) in [5.41, 5.74) is 11.8. The van der Waals surface area contributed by atoms with Crippen LogP contribution >= 0.6 is 11.3 Å². The molecule has 0 aliphatic heterocycles. The quantitative estimate of drug-likeness (QED) is 0.716. The van der Waals surface area contributed by atoms with Crippen molar-refractivity contribution in [2.45, 2.75) is 6.92 Å². The van der Waals surface area contributed by atoms with Crippen LogP contribution in [0.15, 0.2) is 10.6 Å². The van der Waals surface area contributed by atoms with Crippen LogP contribution < -0.4 is 11.5 Å². The molecule has 5 nitrogen and oxygen atoms in total. The zero-order valence-electron chi connectivity index (χ0n) is 6.94. The van der Waals surface area contributed by atoms with E-state index >= 15 is 0 Å². The van der Waals surface area contributed by atoms with Gasteiger partial charge in [-0.05, 0) is 18.1 Å². The van der Waals surface area contributed by atoms with E-state index in [0.29, 0.717) is 10.9 Å². The van der Waals surface area contributed by atoms with Gasteiger partial charge in [0.2, 0.25) is 0 Å². The number of rotatable bonds is 1. The lowest BCUT2D eigenvalue weighted by molar-refractivity contribution is 0.433. The maximum Gasteiger partial charge on any atom is 0.262 e. The Morgan fingerprint density at radius 3 is 2.69 bits per heavy atom. The molecule has 68 valence electrons. The number of aryl methyl sites for hydroxylation is 1. The van der Waals surface area contributed by atoms with E-state index in [1.165, 1.54) is 11.3 Å². The fourth-order valence-corrected chi connectivity index (χ4v) is 1.82. The van der Waals surface area contributed by atoms with E-state index in [0.717, 1.165) is 10.4 Å². The molecule has 0 aromatic carbocycles. The molecule has 0 amide bonds. The third kappa shape index (κ3) is 1.35. The first kappa shape index (κ1) is 8.06. The van der Waals surface area contributed by atoms with Crippen LogP contribution in [0.2, 0.25) is 0 Å². The van der Waals surface area contributed by atoms with Crippen molar-refractivity contribution >= 4 is 22.3 Å². The van der Waals surface area contributed by atoms with Gasteiger partial charge < -0.3 is 16.0 Å². The molecule has 2 aromatic rings. The summed E-state index contributed by atoms with van der Waals surface area (Å²) >= 11 is 1.48. The third-order valence-corrected chi connectivity index (χ3v) is 2.44. The number of hydrogen-bond donors (Lipinski definition) is 2. The lowest BCUT2D eigenvalue weighted by Gasteiger charge is -1.88. The maximum atomic E-state index is 5.73. The van der Waals surface area contributed by atoms with Crippen molar-refractivity contribution in [2.75, 3.05) is 11.5 Å². The van der Waals surface area contributed by atoms with E-state index in [2.05, 4.69) is 10.1 Å². The normalized spacial score (nSPS) is 10.5. The molecule has 2 rings (SSSR count). The topological polar surface area (TPSA) is 91.0 Å². The van der Waals surface area contributed by atoms with Crippen LogP contribution in [0.5, 0.6) is 0 Å². The van der Waals surface area contributed by atoms with Crippen LogP contribution in [0.1, 0.15) is 4.88 Å². The van der Waals surface area contributed by atoms with E-state index in [9.17, 15) is 0 Å². The van der Waals surface area contributed by atoms with Crippen LogP contribution in [-0.2, 0) is 0 Å². The van der Waals surface area contributed by atoms with Gasteiger partial charge in [0.05, 0.1) is 10.6 Å². The molecule has 13 heavy (non-hydrogen) atoms. The summed E-state index contributed by atoms with van der Waals surface area (Å²) in [6.45, 7) is 1.96. The number of hydrogen-bond acceptors (Lipinski definition) is 6. The van der Waals surface area contributed by atoms with Crippen molar-refractivity contribution in [2.24, 2.45) is 0 Å². The summed E-state index contributed by atoms with van der Waals surface area (Å²) in [5, 5.41) is 4.15. The lowest BCUT2D eigenvalue weighted by Crippen LogP contribution is -1.86. The summed E-state index contributed by atoms with van der Waals surface area (Å²) in [6.07, 6.45) is 0. The molecule has 0 saturated heterocycles. The number of nitrogen functional groups attached to an aromatic ring is 2. The first-order chi connectivity index (χ1) is 6.16. The molecule has 0 radical (unpaired) electrons. The molecule has 0 unspecified atom stereocenters. The predicted octanol–water partition coefficient (Wildman–Crippen LogP) is 1.27. The number of anilines is 2. The van der Waals surface area contributed by atoms with Gasteiger partial charge in [0.1, 0.15) is 0 Å². The molecule has 0 bridgehead atoms. The number of nitrogens with zero attached hydrogens (tertiary/aromatic N) is 2. The van der Waals surface area contributed by atoms with Gasteiger partial charge >= 0.3 is 0 Å². The second kappa shape index (κ2) is 2.74. The zero-order chi connectivity index (χ0) is 9.42. The third-order valence-electron chi connectivity index (χ3n) is 1.56. The van der Waals surface area contributed by atoms with Gasteiger partial charge in [-0.25, -0.2) is 0 Å². The lowest BCUT2D eigenvalue weighted by atomic mass is 10.3. The molecule has 0 saturated carbocycles. The largest absolute Gasteiger partial charge is 0.390 e. The monoisotopic (exact) mass is 196 g/mol. The van der Waals surface area contributed by atoms with Gasteiger partial charge in [-0.3, -0.25) is 0 Å². The molecule has 2 aromatic heterocycles. The fraction of sp³-hybridized carbons (Fsp3) is 0.143. The summed E-state index contributed by atoms with van der Waals surface area (Å²) in [4.78, 5) is 4.98. The highest BCUT2D eigenvalue weighted by molar-refractivity contribution is 7.16. The van der Waals surface area contributed by atoms with Crippen molar-refractivity contribution < 1.29 is 4.52 Å². The Hall–Kier alpha value is -1.56. The van der Waals surface area contributed by atoms with Gasteiger partial charge in [-0.15, -0.1) is 11.3 Å². The van der Waals surface area contributed by atoms with Crippen molar-refractivity contribution in [1.82, 2.24) is 10.1 Å². The molecule has 0 atom stereocenters. The fourth-order valence-electron chi connectivity index (χ4n) is 1.04. The van der Waals surface area contributed by atoms with E-state index in [1.807, 2.05) is 13.0 Å². The van der Waals surface area contributed by atoms with Gasteiger partial charge in [0.15, 0.2) is 0 Å². The Bertz CT molecular complexity index is 433. The Kier molecular flexibility index (Phi) is 1.70. The molecule has 0 fully saturated rings. The van der Waals surface area contributed by atoms with E-state index in [1.54, 1.807) is 0 Å². The van der Waals surface area contributed by atoms with Crippen LogP contribution in [0.4, 0.5) is 10.9 Å². The van der Waals surface area contributed by atoms with E-state index < -0.39 is 0 Å². The molecular weight excluding hydrogens is 188 g/mol. The van der Waals surface area contributed by atoms with Crippen LogP contribution in [0.3, 0.4) is 0 Å². The Morgan fingerprint density at radius 2 is 2.23 bits per heavy atom. The van der Waals surface area contributed by atoms with Gasteiger partial charge in [0.25, 0.3) is 11.8 Å². The summed E-state index contributed by atoms with van der Waals surface area (Å²) in [5.74, 6) is 0.498. The first-order valence-corrected chi connectivity index (χ1v) is 4.44. The molecular formula is C7H8N4OS. The second-order valence-corrected chi connectivity index (χ2v) is 3.88.